The van der Waals surface area contributed by atoms with Crippen LogP contribution in [-0.2, 0) is 4.57 Å². The number of unbranched alkanes of at least 4 members (excludes halogenated alkanes) is 8. The van der Waals surface area contributed by atoms with Crippen molar-refractivity contribution < 1.29 is 19.2 Å². The Morgan fingerprint density at radius 2 is 0.446 bits per heavy atom. The predicted molar refractivity (Wildman–Crippen MR) is 295 cm³/mol. The Morgan fingerprint density at radius 3 is 0.569 bits per heavy atom. The minimum absolute atomic E-state index is 0.902. The van der Waals surface area contributed by atoms with Gasteiger partial charge in [-0.3, -0.25) is 0 Å². The van der Waals surface area contributed by atoms with E-state index < -0.39 is 7.82 Å². The molecule has 0 radical (unpaired) electrons. The lowest BCUT2D eigenvalue weighted by Gasteiger charge is -2.19. The Balaban J connectivity index is -0.000000242. The summed E-state index contributed by atoms with van der Waals surface area (Å²) in [7, 11) is -4.64. The smallest absolute Gasteiger partial charge is 0.317 e. The molecule has 0 amide bonds. The lowest BCUT2D eigenvalue weighted by atomic mass is 9.97. The van der Waals surface area contributed by atoms with Crippen LogP contribution in [0.4, 0.5) is 0 Å². The Labute approximate surface area is 411 Å². The van der Waals surface area contributed by atoms with Gasteiger partial charge in [-0.2, -0.15) is 0 Å². The second-order valence-corrected chi connectivity index (χ2v) is 20.5. The summed E-state index contributed by atoms with van der Waals surface area (Å²) in [6, 6.07) is 0. The zero-order valence-electron chi connectivity index (χ0n) is 47.1. The van der Waals surface area contributed by atoms with Gasteiger partial charge in [0.05, 0.1) is 0 Å². The monoisotopic (exact) mass is 951 g/mol. The zero-order chi connectivity index (χ0) is 50.2. The minimum Gasteiger partial charge on any atom is -0.317 e. The molecular formula is C56H127N4O4P. The highest BCUT2D eigenvalue weighted by Crippen LogP contribution is 2.26. The summed E-state index contributed by atoms with van der Waals surface area (Å²) in [6.45, 7) is 42.0. The Hall–Kier alpha value is -0.0500. The zero-order valence-corrected chi connectivity index (χ0v) is 48.0. The quantitative estimate of drug-likeness (QED) is 0.0238. The summed E-state index contributed by atoms with van der Waals surface area (Å²) in [5, 5.41) is 14.5. The van der Waals surface area contributed by atoms with Crippen molar-refractivity contribution in [2.75, 3.05) is 52.4 Å². The number of hydrogen-bond acceptors (Lipinski definition) is 5. The van der Waals surface area contributed by atoms with Crippen molar-refractivity contribution in [3.8, 4) is 0 Å². The van der Waals surface area contributed by atoms with E-state index in [0.29, 0.717) is 0 Å². The first-order chi connectivity index (χ1) is 31.2. The van der Waals surface area contributed by atoms with Crippen molar-refractivity contribution in [2.24, 2.45) is 35.5 Å². The molecule has 6 unspecified atom stereocenters. The number of nitrogens with one attached hydrogen (secondary N) is 4. The fourth-order valence-electron chi connectivity index (χ4n) is 7.86. The summed E-state index contributed by atoms with van der Waals surface area (Å²) >= 11 is 0. The second kappa shape index (κ2) is 62.0. The van der Waals surface area contributed by atoms with Crippen molar-refractivity contribution >= 4 is 7.82 Å². The fourth-order valence-corrected chi connectivity index (χ4v) is 7.86. The lowest BCUT2D eigenvalue weighted by Crippen LogP contribution is -2.28. The van der Waals surface area contributed by atoms with Gasteiger partial charge in [0.15, 0.2) is 0 Å². The van der Waals surface area contributed by atoms with E-state index >= 15 is 0 Å². The van der Waals surface area contributed by atoms with Gasteiger partial charge in [-0.05, 0) is 139 Å². The van der Waals surface area contributed by atoms with Crippen LogP contribution in [0.2, 0.25) is 0 Å². The first-order valence-electron chi connectivity index (χ1n) is 28.9. The highest BCUT2D eigenvalue weighted by Gasteiger charge is 2.11. The first-order valence-corrected chi connectivity index (χ1v) is 30.4. The molecule has 9 heteroatoms. The lowest BCUT2D eigenvalue weighted by molar-refractivity contribution is 0.275. The van der Waals surface area contributed by atoms with Gasteiger partial charge >= 0.3 is 7.82 Å². The van der Waals surface area contributed by atoms with Gasteiger partial charge in [-0.1, -0.05) is 225 Å². The van der Waals surface area contributed by atoms with E-state index in [-0.39, 0.29) is 0 Å². The highest BCUT2D eigenvalue weighted by atomic mass is 31.2. The number of rotatable bonds is 42. The molecule has 7 N–H and O–H groups in total. The van der Waals surface area contributed by atoms with E-state index in [1.54, 1.807) is 0 Å². The van der Waals surface area contributed by atoms with Gasteiger partial charge in [-0.25, -0.2) is 4.57 Å². The van der Waals surface area contributed by atoms with Crippen molar-refractivity contribution in [2.45, 2.75) is 277 Å². The Bertz CT molecular complexity index is 723. The molecule has 0 aliphatic rings. The van der Waals surface area contributed by atoms with E-state index in [1.807, 2.05) is 0 Å². The molecule has 0 saturated heterocycles. The molecule has 0 aliphatic carbocycles. The summed E-state index contributed by atoms with van der Waals surface area (Å²) in [5.74, 6) is 5.41. The van der Waals surface area contributed by atoms with Crippen LogP contribution in [0.1, 0.15) is 277 Å². The van der Waals surface area contributed by atoms with Crippen LogP contribution >= 0.6 is 7.82 Å². The van der Waals surface area contributed by atoms with Crippen LogP contribution in [0.25, 0.3) is 0 Å². The largest absolute Gasteiger partial charge is 0.466 e. The third-order valence-electron chi connectivity index (χ3n) is 13.3. The maximum atomic E-state index is 8.88. The van der Waals surface area contributed by atoms with Crippen molar-refractivity contribution in [3.05, 3.63) is 0 Å². The third kappa shape index (κ3) is 68.3. The van der Waals surface area contributed by atoms with Gasteiger partial charge in [0.1, 0.15) is 0 Å². The van der Waals surface area contributed by atoms with Gasteiger partial charge in [0.25, 0.3) is 0 Å². The molecule has 6 atom stereocenters. The fraction of sp³-hybridized carbons (Fsp3) is 1.00. The molecule has 0 aromatic carbocycles. The van der Waals surface area contributed by atoms with Crippen LogP contribution in [0.5, 0.6) is 0 Å². The van der Waals surface area contributed by atoms with E-state index in [9.17, 15) is 0 Å². The van der Waals surface area contributed by atoms with Crippen molar-refractivity contribution in [3.63, 3.8) is 0 Å². The van der Waals surface area contributed by atoms with Crippen LogP contribution in [0.15, 0.2) is 0 Å². The maximum Gasteiger partial charge on any atom is 0.466 e. The van der Waals surface area contributed by atoms with Crippen LogP contribution in [0.3, 0.4) is 0 Å². The molecule has 0 aliphatic heterocycles. The average molecular weight is 952 g/mol. The van der Waals surface area contributed by atoms with E-state index in [0.717, 1.165) is 35.5 Å². The maximum absolute atomic E-state index is 8.88. The van der Waals surface area contributed by atoms with Gasteiger partial charge < -0.3 is 35.9 Å². The van der Waals surface area contributed by atoms with Crippen LogP contribution < -0.4 is 21.3 Å². The second-order valence-electron chi connectivity index (χ2n) is 19.4. The van der Waals surface area contributed by atoms with Crippen LogP contribution in [-0.4, -0.2) is 67.0 Å². The highest BCUT2D eigenvalue weighted by molar-refractivity contribution is 7.45. The normalized spacial score (nSPS) is 13.9. The Kier molecular flexibility index (Phi) is 70.5. The summed E-state index contributed by atoms with van der Waals surface area (Å²) in [5.41, 5.74) is 0. The molecule has 0 aromatic heterocycles. The average Bonchev–Trinajstić information content (AvgIpc) is 3.30. The van der Waals surface area contributed by atoms with E-state index in [2.05, 4.69) is 118 Å². The molecule has 0 fully saturated rings. The van der Waals surface area contributed by atoms with Crippen LogP contribution in [0, 0.1) is 35.5 Å². The van der Waals surface area contributed by atoms with E-state index in [1.165, 1.54) is 232 Å². The standard InChI is InChI=1S/3C16H35N.C8H19N.H3O4P/c3*1-5-9-11-15(7-3)13-17-14-16(8-4)12-10-6-2;1-3-5-7-9-8-6-4-2;1-5(2,3)4/h3*15-17H,5-14H2,1-4H3;9H,3-8H2,1-2H3;(H3,1,2,3,4). The predicted octanol–water partition coefficient (Wildman–Crippen LogP) is 16.3. The SMILES string of the molecule is CCCCC(CC)CNCC(CC)CCCC.CCCCC(CC)CNCC(CC)CCCC.CCCCC(CC)CNCC(CC)CCCC.CCCCNCCCC.O=P(O)(O)O. The molecule has 0 saturated carbocycles. The molecule has 0 spiro atoms. The van der Waals surface area contributed by atoms with Gasteiger partial charge in [-0.15, -0.1) is 0 Å². The molecule has 400 valence electrons. The number of phosphoric acid groups is 1. The summed E-state index contributed by atoms with van der Waals surface area (Å²) < 4.78 is 8.88. The van der Waals surface area contributed by atoms with E-state index in [4.69, 9.17) is 19.2 Å². The molecule has 0 heterocycles. The van der Waals surface area contributed by atoms with Crippen molar-refractivity contribution in [1.82, 2.24) is 21.3 Å². The Morgan fingerprint density at radius 1 is 0.292 bits per heavy atom. The molecule has 0 bridgehead atoms. The minimum atomic E-state index is -4.64. The first kappa shape index (κ1) is 73.9. The molecule has 65 heavy (non-hydrogen) atoms. The van der Waals surface area contributed by atoms with Crippen molar-refractivity contribution in [1.29, 1.82) is 0 Å². The van der Waals surface area contributed by atoms with Gasteiger partial charge in [0, 0.05) is 0 Å². The molecule has 8 nitrogen and oxygen atoms in total. The topological polar surface area (TPSA) is 126 Å². The molecule has 0 rings (SSSR count). The summed E-state index contributed by atoms with van der Waals surface area (Å²) in [6.07, 6.45) is 38.1. The number of hydrogen-bond donors (Lipinski definition) is 7. The van der Waals surface area contributed by atoms with Gasteiger partial charge in [0.2, 0.25) is 0 Å². The third-order valence-corrected chi connectivity index (χ3v) is 13.3. The summed E-state index contributed by atoms with van der Waals surface area (Å²) in [4.78, 5) is 21.6. The molecular weight excluding hydrogens is 824 g/mol. The molecule has 0 aromatic rings.